The number of hydrogen-bond donors (Lipinski definition) is 0. The van der Waals surface area contributed by atoms with Gasteiger partial charge in [-0.3, -0.25) is 0 Å². The molecule has 0 radical (unpaired) electrons. The molecule has 2 aromatic rings. The third-order valence-corrected chi connectivity index (χ3v) is 4.09. The Balaban J connectivity index is 1.57. The first kappa shape index (κ1) is 17.3. The summed E-state index contributed by atoms with van der Waals surface area (Å²) >= 11 is 0. The molecule has 1 saturated heterocycles. The normalized spacial score (nSPS) is 17.2. The first-order valence-corrected chi connectivity index (χ1v) is 8.56. The first-order valence-electron chi connectivity index (χ1n) is 8.56. The van der Waals surface area contributed by atoms with Crippen LogP contribution in [0.3, 0.4) is 0 Å². The van der Waals surface area contributed by atoms with E-state index in [4.69, 9.17) is 14.2 Å². The summed E-state index contributed by atoms with van der Waals surface area (Å²) in [6.07, 6.45) is -0.417. The standard InChI is InChI=1S/C20H23NO4/c1-2-23-20(22)21-12-13-24-19(14-21)17-8-10-18(11-9-17)25-15-16-6-4-3-5-7-16/h3-11,19H,2,12-15H2,1H3/t19-/m1/s1. The van der Waals surface area contributed by atoms with Gasteiger partial charge in [0, 0.05) is 6.54 Å². The predicted octanol–water partition coefficient (Wildman–Crippen LogP) is 3.80. The first-order chi connectivity index (χ1) is 12.3. The number of ether oxygens (including phenoxy) is 3. The van der Waals surface area contributed by atoms with E-state index in [0.29, 0.717) is 32.9 Å². The Bertz CT molecular complexity index is 672. The highest BCUT2D eigenvalue weighted by Gasteiger charge is 2.26. The summed E-state index contributed by atoms with van der Waals surface area (Å²) in [5, 5.41) is 0. The number of hydrogen-bond acceptors (Lipinski definition) is 4. The van der Waals surface area contributed by atoms with Crippen molar-refractivity contribution < 1.29 is 19.0 Å². The summed E-state index contributed by atoms with van der Waals surface area (Å²) in [4.78, 5) is 13.6. The second-order valence-electron chi connectivity index (χ2n) is 5.85. The Hall–Kier alpha value is -2.53. The van der Waals surface area contributed by atoms with Crippen LogP contribution in [0.15, 0.2) is 54.6 Å². The second kappa shape index (κ2) is 8.53. The van der Waals surface area contributed by atoms with Crippen molar-refractivity contribution in [3.8, 4) is 5.75 Å². The van der Waals surface area contributed by atoms with E-state index in [9.17, 15) is 4.79 Å². The number of morpholine rings is 1. The lowest BCUT2D eigenvalue weighted by Crippen LogP contribution is -2.42. The molecule has 1 atom stereocenters. The van der Waals surface area contributed by atoms with Crippen LogP contribution in [-0.4, -0.2) is 37.3 Å². The molecule has 0 unspecified atom stereocenters. The number of carbonyl (C=O) groups excluding carboxylic acids is 1. The number of benzene rings is 2. The van der Waals surface area contributed by atoms with Gasteiger partial charge in [0.1, 0.15) is 18.5 Å². The fraction of sp³-hybridized carbons (Fsp3) is 0.350. The van der Waals surface area contributed by atoms with E-state index in [-0.39, 0.29) is 12.2 Å². The molecule has 0 aromatic heterocycles. The molecular formula is C20H23NO4. The van der Waals surface area contributed by atoms with Gasteiger partial charge in [0.2, 0.25) is 0 Å². The van der Waals surface area contributed by atoms with E-state index in [1.54, 1.807) is 4.90 Å². The van der Waals surface area contributed by atoms with Crippen molar-refractivity contribution in [2.45, 2.75) is 19.6 Å². The summed E-state index contributed by atoms with van der Waals surface area (Å²) in [5.41, 5.74) is 2.16. The molecule has 0 spiro atoms. The smallest absolute Gasteiger partial charge is 0.409 e. The van der Waals surface area contributed by atoms with Crippen molar-refractivity contribution in [1.29, 1.82) is 0 Å². The average Bonchev–Trinajstić information content (AvgIpc) is 2.68. The van der Waals surface area contributed by atoms with Crippen LogP contribution in [-0.2, 0) is 16.1 Å². The number of nitrogens with zero attached hydrogens (tertiary/aromatic N) is 1. The monoisotopic (exact) mass is 341 g/mol. The third kappa shape index (κ3) is 4.73. The molecule has 1 amide bonds. The summed E-state index contributed by atoms with van der Waals surface area (Å²) < 4.78 is 16.7. The second-order valence-corrected chi connectivity index (χ2v) is 5.85. The van der Waals surface area contributed by atoms with Crippen LogP contribution < -0.4 is 4.74 Å². The van der Waals surface area contributed by atoms with Crippen LogP contribution in [0, 0.1) is 0 Å². The maximum Gasteiger partial charge on any atom is 0.409 e. The van der Waals surface area contributed by atoms with Crippen molar-refractivity contribution in [1.82, 2.24) is 4.90 Å². The average molecular weight is 341 g/mol. The van der Waals surface area contributed by atoms with Gasteiger partial charge < -0.3 is 19.1 Å². The minimum absolute atomic E-state index is 0.138. The van der Waals surface area contributed by atoms with Gasteiger partial charge in [-0.1, -0.05) is 42.5 Å². The van der Waals surface area contributed by atoms with E-state index in [2.05, 4.69) is 0 Å². The summed E-state index contributed by atoms with van der Waals surface area (Å²) in [6, 6.07) is 17.9. The number of rotatable bonds is 5. The topological polar surface area (TPSA) is 48.0 Å². The molecule has 25 heavy (non-hydrogen) atoms. The summed E-state index contributed by atoms with van der Waals surface area (Å²) in [6.45, 7) is 4.31. The molecule has 0 aliphatic carbocycles. The molecule has 0 N–H and O–H groups in total. The van der Waals surface area contributed by atoms with Crippen LogP contribution in [0.5, 0.6) is 5.75 Å². The minimum atomic E-state index is -0.279. The van der Waals surface area contributed by atoms with Crippen LogP contribution in [0.2, 0.25) is 0 Å². The maximum absolute atomic E-state index is 11.9. The summed E-state index contributed by atoms with van der Waals surface area (Å²) in [5.74, 6) is 0.811. The molecular weight excluding hydrogens is 318 g/mol. The van der Waals surface area contributed by atoms with Gasteiger partial charge in [-0.25, -0.2) is 4.79 Å². The largest absolute Gasteiger partial charge is 0.489 e. The third-order valence-electron chi connectivity index (χ3n) is 4.09. The summed E-state index contributed by atoms with van der Waals surface area (Å²) in [7, 11) is 0. The van der Waals surface area contributed by atoms with Crippen LogP contribution in [0.4, 0.5) is 4.79 Å². The van der Waals surface area contributed by atoms with E-state index < -0.39 is 0 Å². The molecule has 1 aliphatic heterocycles. The van der Waals surface area contributed by atoms with Crippen molar-refractivity contribution in [3.63, 3.8) is 0 Å². The molecule has 2 aromatic carbocycles. The van der Waals surface area contributed by atoms with Gasteiger partial charge in [-0.05, 0) is 30.2 Å². The van der Waals surface area contributed by atoms with E-state index >= 15 is 0 Å². The van der Waals surface area contributed by atoms with Gasteiger partial charge >= 0.3 is 6.09 Å². The Morgan fingerprint density at radius 3 is 2.64 bits per heavy atom. The van der Waals surface area contributed by atoms with Gasteiger partial charge in [0.05, 0.1) is 19.8 Å². The van der Waals surface area contributed by atoms with E-state index in [1.807, 2.05) is 61.5 Å². The SMILES string of the molecule is CCOC(=O)N1CCO[C@@H](c2ccc(OCc3ccccc3)cc2)C1. The van der Waals surface area contributed by atoms with E-state index in [0.717, 1.165) is 16.9 Å². The highest BCUT2D eigenvalue weighted by molar-refractivity contribution is 5.67. The van der Waals surface area contributed by atoms with Crippen molar-refractivity contribution in [3.05, 3.63) is 65.7 Å². The van der Waals surface area contributed by atoms with Gasteiger partial charge in [-0.2, -0.15) is 0 Å². The molecule has 5 heteroatoms. The zero-order valence-corrected chi connectivity index (χ0v) is 14.4. The van der Waals surface area contributed by atoms with Crippen LogP contribution in [0.25, 0.3) is 0 Å². The Morgan fingerprint density at radius 2 is 1.92 bits per heavy atom. The molecule has 132 valence electrons. The molecule has 1 heterocycles. The molecule has 1 aliphatic rings. The van der Waals surface area contributed by atoms with Crippen molar-refractivity contribution in [2.24, 2.45) is 0 Å². The quantitative estimate of drug-likeness (QED) is 0.830. The van der Waals surface area contributed by atoms with Crippen LogP contribution >= 0.6 is 0 Å². The predicted molar refractivity (Wildman–Crippen MR) is 94.5 cm³/mol. The molecule has 0 bridgehead atoms. The molecule has 3 rings (SSSR count). The Morgan fingerprint density at radius 1 is 1.16 bits per heavy atom. The van der Waals surface area contributed by atoms with Gasteiger partial charge in [0.25, 0.3) is 0 Å². The fourth-order valence-electron chi connectivity index (χ4n) is 2.75. The molecule has 0 saturated carbocycles. The molecule has 5 nitrogen and oxygen atoms in total. The molecule has 1 fully saturated rings. The highest BCUT2D eigenvalue weighted by atomic mass is 16.6. The minimum Gasteiger partial charge on any atom is -0.489 e. The van der Waals surface area contributed by atoms with E-state index in [1.165, 1.54) is 0 Å². The zero-order valence-electron chi connectivity index (χ0n) is 14.4. The Labute approximate surface area is 148 Å². The highest BCUT2D eigenvalue weighted by Crippen LogP contribution is 2.25. The van der Waals surface area contributed by atoms with Crippen LogP contribution in [0.1, 0.15) is 24.2 Å². The fourth-order valence-corrected chi connectivity index (χ4v) is 2.75. The van der Waals surface area contributed by atoms with Gasteiger partial charge in [0.15, 0.2) is 0 Å². The lowest BCUT2D eigenvalue weighted by molar-refractivity contribution is -0.0280. The Kier molecular flexibility index (Phi) is 5.90. The lowest BCUT2D eigenvalue weighted by Gasteiger charge is -2.32. The number of amides is 1. The lowest BCUT2D eigenvalue weighted by atomic mass is 10.1. The zero-order chi connectivity index (χ0) is 17.5. The van der Waals surface area contributed by atoms with Crippen molar-refractivity contribution >= 4 is 6.09 Å². The number of carbonyl (C=O) groups is 1. The maximum atomic E-state index is 11.9. The van der Waals surface area contributed by atoms with Crippen molar-refractivity contribution in [2.75, 3.05) is 26.3 Å². The van der Waals surface area contributed by atoms with Gasteiger partial charge in [-0.15, -0.1) is 0 Å².